The van der Waals surface area contributed by atoms with Gasteiger partial charge in [-0.05, 0) is 26.0 Å². The lowest BCUT2D eigenvalue weighted by molar-refractivity contribution is 0.577. The first kappa shape index (κ1) is 12.3. The molecule has 92 valence electrons. The fourth-order valence-electron chi connectivity index (χ4n) is 1.69. The van der Waals surface area contributed by atoms with Gasteiger partial charge < -0.3 is 10.1 Å². The molecule has 1 unspecified atom stereocenters. The van der Waals surface area contributed by atoms with Crippen LogP contribution in [0.25, 0.3) is 5.65 Å². The topological polar surface area (TPSA) is 60.4 Å². The molecular formula is C12H17N3OS. The lowest BCUT2D eigenvalue weighted by atomic mass is 10.1. The molecule has 0 saturated heterocycles. The lowest BCUT2D eigenvalue weighted by Gasteiger charge is -2.16. The predicted molar refractivity (Wildman–Crippen MR) is 70.2 cm³/mol. The zero-order chi connectivity index (χ0) is 12.5. The molecule has 0 aliphatic rings. The minimum atomic E-state index is -0.968. The number of hydrogen-bond donors (Lipinski definition) is 1. The molecule has 0 aliphatic heterocycles. The predicted octanol–water partition coefficient (Wildman–Crippen LogP) is 1.32. The highest BCUT2D eigenvalue weighted by molar-refractivity contribution is 7.84. The molecule has 0 amide bonds. The number of imidazole rings is 1. The van der Waals surface area contributed by atoms with E-state index in [2.05, 4.69) is 4.98 Å². The van der Waals surface area contributed by atoms with Crippen molar-refractivity contribution < 1.29 is 4.21 Å². The normalized spacial score (nSPS) is 14.1. The van der Waals surface area contributed by atoms with Crippen molar-refractivity contribution in [2.45, 2.75) is 25.1 Å². The van der Waals surface area contributed by atoms with Crippen LogP contribution < -0.4 is 5.73 Å². The molecule has 2 aromatic rings. The highest BCUT2D eigenvalue weighted by Crippen LogP contribution is 2.09. The highest BCUT2D eigenvalue weighted by atomic mass is 32.2. The maximum Gasteiger partial charge on any atom is 0.137 e. The van der Waals surface area contributed by atoms with Gasteiger partial charge in [-0.2, -0.15) is 0 Å². The second-order valence-corrected chi connectivity index (χ2v) is 6.37. The fourth-order valence-corrected chi connectivity index (χ4v) is 3.09. The number of pyridine rings is 1. The Balaban J connectivity index is 2.11. The Bertz CT molecular complexity index is 509. The van der Waals surface area contributed by atoms with Gasteiger partial charge in [0.2, 0.25) is 0 Å². The number of fused-ring (bicyclic) bond motifs is 1. The summed E-state index contributed by atoms with van der Waals surface area (Å²) in [7, 11) is -0.968. The minimum absolute atomic E-state index is 0.399. The van der Waals surface area contributed by atoms with Crippen LogP contribution >= 0.6 is 0 Å². The third-order valence-corrected chi connectivity index (χ3v) is 3.94. The largest absolute Gasteiger partial charge is 0.325 e. The van der Waals surface area contributed by atoms with Gasteiger partial charge in [-0.3, -0.25) is 4.21 Å². The van der Waals surface area contributed by atoms with E-state index in [1.54, 1.807) is 0 Å². The van der Waals surface area contributed by atoms with Gasteiger partial charge in [0.05, 0.1) is 11.4 Å². The maximum absolute atomic E-state index is 11.9. The Morgan fingerprint density at radius 3 is 2.88 bits per heavy atom. The van der Waals surface area contributed by atoms with Crippen molar-refractivity contribution in [2.75, 3.05) is 5.75 Å². The molecule has 1 atom stereocenters. The average molecular weight is 251 g/mol. The molecular weight excluding hydrogens is 234 g/mol. The zero-order valence-corrected chi connectivity index (χ0v) is 10.9. The van der Waals surface area contributed by atoms with Crippen LogP contribution in [0.3, 0.4) is 0 Å². The fraction of sp³-hybridized carbons (Fsp3) is 0.417. The SMILES string of the molecule is CC(C)(N)CS(=O)Cc1cn2ccccc2n1. The molecule has 4 nitrogen and oxygen atoms in total. The van der Waals surface area contributed by atoms with Crippen molar-refractivity contribution in [1.82, 2.24) is 9.38 Å². The zero-order valence-electron chi connectivity index (χ0n) is 10.1. The van der Waals surface area contributed by atoms with E-state index in [1.165, 1.54) is 0 Å². The summed E-state index contributed by atoms with van der Waals surface area (Å²) in [5.41, 5.74) is 7.17. The molecule has 0 fully saturated rings. The van der Waals surface area contributed by atoms with Gasteiger partial charge >= 0.3 is 0 Å². The van der Waals surface area contributed by atoms with Gasteiger partial charge in [-0.25, -0.2) is 4.98 Å². The molecule has 0 spiro atoms. The Morgan fingerprint density at radius 2 is 2.24 bits per heavy atom. The molecule has 0 aromatic carbocycles. The van der Waals surface area contributed by atoms with Gasteiger partial charge in [0.25, 0.3) is 0 Å². The second kappa shape index (κ2) is 4.58. The summed E-state index contributed by atoms with van der Waals surface area (Å²) in [4.78, 5) is 4.41. The Hall–Kier alpha value is -1.20. The number of nitrogens with two attached hydrogens (primary N) is 1. The van der Waals surface area contributed by atoms with Crippen LogP contribution in [0, 0.1) is 0 Å². The van der Waals surface area contributed by atoms with Crippen molar-refractivity contribution in [3.8, 4) is 0 Å². The van der Waals surface area contributed by atoms with E-state index in [0.717, 1.165) is 11.3 Å². The first-order chi connectivity index (χ1) is 7.94. The standard InChI is InChI=1S/C12H17N3OS/c1-12(2,13)9-17(16)8-10-7-15-6-4-3-5-11(15)14-10/h3-7H,8-9,13H2,1-2H3. The van der Waals surface area contributed by atoms with Crippen molar-refractivity contribution in [3.63, 3.8) is 0 Å². The van der Waals surface area contributed by atoms with E-state index >= 15 is 0 Å². The summed E-state index contributed by atoms with van der Waals surface area (Å²) in [6.07, 6.45) is 3.85. The summed E-state index contributed by atoms with van der Waals surface area (Å²) in [6, 6.07) is 5.81. The smallest absolute Gasteiger partial charge is 0.137 e. The van der Waals surface area contributed by atoms with Crippen LogP contribution in [0.1, 0.15) is 19.5 Å². The molecule has 0 aliphatic carbocycles. The minimum Gasteiger partial charge on any atom is -0.325 e. The summed E-state index contributed by atoms with van der Waals surface area (Å²) in [5.74, 6) is 0.948. The Morgan fingerprint density at radius 1 is 1.47 bits per heavy atom. The average Bonchev–Trinajstić information content (AvgIpc) is 2.55. The molecule has 0 saturated carbocycles. The highest BCUT2D eigenvalue weighted by Gasteiger charge is 2.16. The Kier molecular flexibility index (Phi) is 3.31. The van der Waals surface area contributed by atoms with E-state index in [-0.39, 0.29) is 0 Å². The monoisotopic (exact) mass is 251 g/mol. The maximum atomic E-state index is 11.9. The lowest BCUT2D eigenvalue weighted by Crippen LogP contribution is -2.38. The molecule has 0 bridgehead atoms. The van der Waals surface area contributed by atoms with Crippen molar-refractivity contribution >= 4 is 16.4 Å². The molecule has 2 rings (SSSR count). The quantitative estimate of drug-likeness (QED) is 0.891. The molecule has 0 radical (unpaired) electrons. The first-order valence-electron chi connectivity index (χ1n) is 5.50. The van der Waals surface area contributed by atoms with Crippen LogP contribution in [-0.4, -0.2) is 24.9 Å². The van der Waals surface area contributed by atoms with Crippen molar-refractivity contribution in [3.05, 3.63) is 36.3 Å². The van der Waals surface area contributed by atoms with Crippen molar-refractivity contribution in [1.29, 1.82) is 0 Å². The van der Waals surface area contributed by atoms with Crippen LogP contribution in [-0.2, 0) is 16.6 Å². The summed E-state index contributed by atoms with van der Waals surface area (Å²) in [6.45, 7) is 3.77. The Labute approximate surface area is 103 Å². The first-order valence-corrected chi connectivity index (χ1v) is 6.99. The summed E-state index contributed by atoms with van der Waals surface area (Å²) < 4.78 is 13.8. The van der Waals surface area contributed by atoms with E-state index in [1.807, 2.05) is 48.8 Å². The molecule has 17 heavy (non-hydrogen) atoms. The molecule has 2 heterocycles. The number of hydrogen-bond acceptors (Lipinski definition) is 3. The molecule has 2 N–H and O–H groups in total. The van der Waals surface area contributed by atoms with Crippen LogP contribution in [0.15, 0.2) is 30.6 Å². The number of nitrogens with zero attached hydrogens (tertiary/aromatic N) is 2. The number of aromatic nitrogens is 2. The van der Waals surface area contributed by atoms with E-state index in [9.17, 15) is 4.21 Å². The van der Waals surface area contributed by atoms with E-state index < -0.39 is 16.3 Å². The van der Waals surface area contributed by atoms with E-state index in [0.29, 0.717) is 11.5 Å². The van der Waals surface area contributed by atoms with Gasteiger partial charge in [-0.15, -0.1) is 0 Å². The third-order valence-electron chi connectivity index (χ3n) is 2.26. The van der Waals surface area contributed by atoms with E-state index in [4.69, 9.17) is 5.73 Å². The summed E-state index contributed by atoms with van der Waals surface area (Å²) in [5, 5.41) is 0. The van der Waals surface area contributed by atoms with Crippen LogP contribution in [0.2, 0.25) is 0 Å². The molecule has 5 heteroatoms. The van der Waals surface area contributed by atoms with Gasteiger partial charge in [-0.1, -0.05) is 6.07 Å². The van der Waals surface area contributed by atoms with Crippen LogP contribution in [0.5, 0.6) is 0 Å². The van der Waals surface area contributed by atoms with Gasteiger partial charge in [0.1, 0.15) is 5.65 Å². The molecule has 2 aromatic heterocycles. The van der Waals surface area contributed by atoms with Gasteiger partial charge in [0.15, 0.2) is 0 Å². The second-order valence-electron chi connectivity index (χ2n) is 4.92. The third kappa shape index (κ3) is 3.38. The van der Waals surface area contributed by atoms with Gasteiger partial charge in [0, 0.05) is 34.5 Å². The van der Waals surface area contributed by atoms with Crippen LogP contribution in [0.4, 0.5) is 0 Å². The number of rotatable bonds is 4. The van der Waals surface area contributed by atoms with Crippen molar-refractivity contribution in [2.24, 2.45) is 5.73 Å². The summed E-state index contributed by atoms with van der Waals surface area (Å²) >= 11 is 0.